The van der Waals surface area contributed by atoms with Crippen molar-refractivity contribution in [3.05, 3.63) is 24.0 Å². The van der Waals surface area contributed by atoms with E-state index in [1.165, 1.54) is 31.5 Å². The molecule has 1 amide bonds. The van der Waals surface area contributed by atoms with Crippen molar-refractivity contribution in [3.8, 4) is 0 Å². The first-order valence-electron chi connectivity index (χ1n) is 9.73. The van der Waals surface area contributed by atoms with Gasteiger partial charge in [-0.3, -0.25) is 9.69 Å². The van der Waals surface area contributed by atoms with Crippen LogP contribution in [0, 0.1) is 5.92 Å². The zero-order chi connectivity index (χ0) is 19.0. The topological polar surface area (TPSA) is 39.7 Å². The van der Waals surface area contributed by atoms with E-state index < -0.39 is 11.9 Å². The molecule has 0 aromatic carbocycles. The van der Waals surface area contributed by atoms with Crippen LogP contribution in [0.1, 0.15) is 31.4 Å². The summed E-state index contributed by atoms with van der Waals surface area (Å²) in [6.45, 7) is 4.70. The minimum absolute atomic E-state index is 0.0810. The van der Waals surface area contributed by atoms with Gasteiger partial charge in [-0.25, -0.2) is 4.98 Å². The number of nitrogens with zero attached hydrogens (tertiary/aromatic N) is 4. The Morgan fingerprint density at radius 2 is 1.78 bits per heavy atom. The maximum Gasteiger partial charge on any atom is 0.433 e. The van der Waals surface area contributed by atoms with Crippen LogP contribution in [0.25, 0.3) is 0 Å². The molecule has 0 unspecified atom stereocenters. The first-order valence-corrected chi connectivity index (χ1v) is 9.73. The number of halogens is 3. The highest BCUT2D eigenvalue weighted by Gasteiger charge is 2.36. The first-order chi connectivity index (χ1) is 12.9. The highest BCUT2D eigenvalue weighted by molar-refractivity contribution is 5.80. The fraction of sp³-hybridized carbons (Fsp3) is 0.684. The Hall–Kier alpha value is -1.83. The minimum Gasteiger partial charge on any atom is -0.369 e. The van der Waals surface area contributed by atoms with Gasteiger partial charge in [0.05, 0.1) is 17.8 Å². The molecule has 148 valence electrons. The Labute approximate surface area is 157 Å². The molecule has 3 heterocycles. The van der Waals surface area contributed by atoms with Crippen LogP contribution < -0.4 is 4.90 Å². The van der Waals surface area contributed by atoms with E-state index in [1.807, 2.05) is 9.80 Å². The maximum absolute atomic E-state index is 12.8. The zero-order valence-electron chi connectivity index (χ0n) is 15.3. The predicted octanol–water partition coefficient (Wildman–Crippen LogP) is 2.62. The van der Waals surface area contributed by atoms with Gasteiger partial charge in [0.1, 0.15) is 5.69 Å². The van der Waals surface area contributed by atoms with E-state index in [2.05, 4.69) is 9.88 Å². The van der Waals surface area contributed by atoms with Crippen LogP contribution in [-0.2, 0) is 11.0 Å². The molecular weight excluding hydrogens is 357 g/mol. The van der Waals surface area contributed by atoms with Crippen molar-refractivity contribution in [2.24, 2.45) is 5.92 Å². The van der Waals surface area contributed by atoms with Crippen LogP contribution in [-0.4, -0.2) is 66.0 Å². The number of rotatable bonds is 3. The van der Waals surface area contributed by atoms with Crippen molar-refractivity contribution in [3.63, 3.8) is 0 Å². The molecule has 1 aromatic rings. The number of hydrogen-bond donors (Lipinski definition) is 0. The lowest BCUT2D eigenvalue weighted by Crippen LogP contribution is -2.54. The van der Waals surface area contributed by atoms with Gasteiger partial charge in [-0.15, -0.1) is 0 Å². The normalized spacial score (nSPS) is 24.9. The number of pyridine rings is 1. The third-order valence-electron chi connectivity index (χ3n) is 6.16. The molecule has 0 spiro atoms. The van der Waals surface area contributed by atoms with Crippen LogP contribution in [0.2, 0.25) is 0 Å². The van der Waals surface area contributed by atoms with E-state index in [9.17, 15) is 18.0 Å². The Balaban J connectivity index is 1.30. The van der Waals surface area contributed by atoms with Gasteiger partial charge in [0.2, 0.25) is 5.91 Å². The third kappa shape index (κ3) is 3.90. The molecule has 8 heteroatoms. The van der Waals surface area contributed by atoms with E-state index in [1.54, 1.807) is 0 Å². The van der Waals surface area contributed by atoms with Crippen LogP contribution in [0.3, 0.4) is 0 Å². The largest absolute Gasteiger partial charge is 0.433 e. The number of hydrogen-bond acceptors (Lipinski definition) is 4. The molecule has 2 aliphatic heterocycles. The van der Waals surface area contributed by atoms with Crippen LogP contribution in [0.15, 0.2) is 18.3 Å². The lowest BCUT2D eigenvalue weighted by Gasteiger charge is -2.43. The summed E-state index contributed by atoms with van der Waals surface area (Å²) in [7, 11) is 0. The number of aromatic nitrogens is 1. The second-order valence-electron chi connectivity index (χ2n) is 7.78. The van der Waals surface area contributed by atoms with Crippen molar-refractivity contribution in [2.45, 2.75) is 37.9 Å². The standard InChI is InChI=1S/C19H25F3N4O/c20-19(21,22)17-5-4-16(12-23-17)26-7-6-14(13-26)18(27)25-10-8-24(9-11-25)15-2-1-3-15/h4-5,12,14-15H,1-3,6-11,13H2/t14-/m0/s1. The summed E-state index contributed by atoms with van der Waals surface area (Å²) in [6.07, 6.45) is 1.46. The Morgan fingerprint density at radius 1 is 1.04 bits per heavy atom. The molecule has 0 radical (unpaired) electrons. The maximum atomic E-state index is 12.8. The van der Waals surface area contributed by atoms with Gasteiger partial charge in [-0.05, 0) is 31.4 Å². The molecule has 1 aromatic heterocycles. The molecule has 1 atom stereocenters. The second-order valence-corrected chi connectivity index (χ2v) is 7.78. The number of amides is 1. The lowest BCUT2D eigenvalue weighted by molar-refractivity contribution is -0.141. The fourth-order valence-corrected chi connectivity index (χ4v) is 4.25. The molecule has 0 N–H and O–H groups in total. The number of carbonyl (C=O) groups is 1. The molecule has 3 aliphatic rings. The number of carbonyl (C=O) groups excluding carboxylic acids is 1. The van der Waals surface area contributed by atoms with Gasteiger partial charge in [0.15, 0.2) is 0 Å². The zero-order valence-corrected chi connectivity index (χ0v) is 15.3. The summed E-state index contributed by atoms with van der Waals surface area (Å²) < 4.78 is 37.9. The van der Waals surface area contributed by atoms with Crippen LogP contribution in [0.4, 0.5) is 18.9 Å². The Bertz CT molecular complexity index is 667. The lowest BCUT2D eigenvalue weighted by atomic mass is 9.91. The number of alkyl halides is 3. The molecular formula is C19H25F3N4O. The predicted molar refractivity (Wildman–Crippen MR) is 95.4 cm³/mol. The molecule has 5 nitrogen and oxygen atoms in total. The van der Waals surface area contributed by atoms with Crippen molar-refractivity contribution in [1.82, 2.24) is 14.8 Å². The minimum atomic E-state index is -4.43. The summed E-state index contributed by atoms with van der Waals surface area (Å²) in [6, 6.07) is 3.17. The molecule has 3 fully saturated rings. The second kappa shape index (κ2) is 7.30. The smallest absolute Gasteiger partial charge is 0.369 e. The van der Waals surface area contributed by atoms with Gasteiger partial charge in [-0.2, -0.15) is 13.2 Å². The fourth-order valence-electron chi connectivity index (χ4n) is 4.25. The molecule has 4 rings (SSSR count). The SMILES string of the molecule is O=C([C@H]1CCN(c2ccc(C(F)(F)F)nc2)C1)N1CCN(C2CCC2)CC1. The van der Waals surface area contributed by atoms with Crippen molar-refractivity contribution < 1.29 is 18.0 Å². The quantitative estimate of drug-likeness (QED) is 0.806. The average Bonchev–Trinajstić information content (AvgIpc) is 3.10. The van der Waals surface area contributed by atoms with E-state index in [-0.39, 0.29) is 11.8 Å². The van der Waals surface area contributed by atoms with Gasteiger partial charge in [-0.1, -0.05) is 6.42 Å². The number of piperazine rings is 1. The van der Waals surface area contributed by atoms with Gasteiger partial charge in [0.25, 0.3) is 0 Å². The summed E-state index contributed by atoms with van der Waals surface area (Å²) in [5.74, 6) is 0.105. The highest BCUT2D eigenvalue weighted by atomic mass is 19.4. The Kier molecular flexibility index (Phi) is 5.01. The molecule has 0 bridgehead atoms. The summed E-state index contributed by atoms with van der Waals surface area (Å²) in [5, 5.41) is 0. The van der Waals surface area contributed by atoms with E-state index in [0.29, 0.717) is 18.8 Å². The summed E-state index contributed by atoms with van der Waals surface area (Å²) in [5.41, 5.74) is -0.240. The average molecular weight is 382 g/mol. The highest BCUT2D eigenvalue weighted by Crippen LogP contribution is 2.31. The van der Waals surface area contributed by atoms with E-state index >= 15 is 0 Å². The molecule has 1 aliphatic carbocycles. The van der Waals surface area contributed by atoms with Crippen LogP contribution in [0.5, 0.6) is 0 Å². The van der Waals surface area contributed by atoms with Gasteiger partial charge in [0, 0.05) is 45.3 Å². The first kappa shape index (κ1) is 18.5. The molecule has 1 saturated carbocycles. The summed E-state index contributed by atoms with van der Waals surface area (Å²) in [4.78, 5) is 22.8. The molecule has 27 heavy (non-hydrogen) atoms. The van der Waals surface area contributed by atoms with Crippen molar-refractivity contribution >= 4 is 11.6 Å². The van der Waals surface area contributed by atoms with E-state index in [0.717, 1.165) is 44.7 Å². The summed E-state index contributed by atoms with van der Waals surface area (Å²) >= 11 is 0. The number of anilines is 1. The third-order valence-corrected chi connectivity index (χ3v) is 6.16. The van der Waals surface area contributed by atoms with Crippen molar-refractivity contribution in [1.29, 1.82) is 0 Å². The van der Waals surface area contributed by atoms with E-state index in [4.69, 9.17) is 0 Å². The molecule has 2 saturated heterocycles. The van der Waals surface area contributed by atoms with Crippen LogP contribution >= 0.6 is 0 Å². The monoisotopic (exact) mass is 382 g/mol. The van der Waals surface area contributed by atoms with Crippen molar-refractivity contribution in [2.75, 3.05) is 44.2 Å². The van der Waals surface area contributed by atoms with Gasteiger partial charge >= 0.3 is 6.18 Å². The Morgan fingerprint density at radius 3 is 2.33 bits per heavy atom. The van der Waals surface area contributed by atoms with Gasteiger partial charge < -0.3 is 9.80 Å².